The lowest BCUT2D eigenvalue weighted by Crippen LogP contribution is -2.37. The summed E-state index contributed by atoms with van der Waals surface area (Å²) in [6.45, 7) is 3.67. The fourth-order valence-corrected chi connectivity index (χ4v) is 1.11. The second-order valence-electron chi connectivity index (χ2n) is 3.81. The number of hydrogen-bond acceptors (Lipinski definition) is 4. The minimum Gasteiger partial charge on any atom is -0.347 e. The molecule has 0 fully saturated rings. The molecular formula is C10H15N5O. The van der Waals surface area contributed by atoms with Gasteiger partial charge in [-0.3, -0.25) is 9.48 Å². The van der Waals surface area contributed by atoms with Gasteiger partial charge in [0.1, 0.15) is 11.7 Å². The number of carbonyl (C=O) groups excluding carboxylic acids is 1. The fourth-order valence-electron chi connectivity index (χ4n) is 1.11. The molecule has 1 N–H and O–H groups in total. The Kier molecular flexibility index (Phi) is 3.61. The standard InChI is InChI=1S/C10H15N5O/c1-4-10(2,6-11)9(16)12-5-8-13-7-15(3)14-8/h7H,4-5H2,1-3H3,(H,12,16). The Morgan fingerprint density at radius 2 is 2.44 bits per heavy atom. The molecule has 0 aliphatic rings. The van der Waals surface area contributed by atoms with Crippen LogP contribution in [0.25, 0.3) is 0 Å². The maximum absolute atomic E-state index is 11.7. The van der Waals surface area contributed by atoms with Gasteiger partial charge in [0.2, 0.25) is 5.91 Å². The molecule has 1 heterocycles. The summed E-state index contributed by atoms with van der Waals surface area (Å²) in [5, 5.41) is 15.6. The number of hydrogen-bond donors (Lipinski definition) is 1. The molecule has 0 aliphatic carbocycles. The minimum absolute atomic E-state index is 0.247. The molecule has 1 rings (SSSR count). The first kappa shape index (κ1) is 12.2. The molecule has 0 spiro atoms. The molecule has 1 unspecified atom stereocenters. The van der Waals surface area contributed by atoms with Crippen molar-refractivity contribution in [3.8, 4) is 6.07 Å². The summed E-state index contributed by atoms with van der Waals surface area (Å²) in [5.74, 6) is 0.247. The predicted molar refractivity (Wildman–Crippen MR) is 56.9 cm³/mol. The van der Waals surface area contributed by atoms with Gasteiger partial charge in [-0.2, -0.15) is 10.4 Å². The molecule has 1 aromatic rings. The van der Waals surface area contributed by atoms with E-state index in [0.29, 0.717) is 12.2 Å². The van der Waals surface area contributed by atoms with Crippen molar-refractivity contribution in [2.45, 2.75) is 26.8 Å². The maximum atomic E-state index is 11.7. The average molecular weight is 221 g/mol. The predicted octanol–water partition coefficient (Wildman–Crippen LogP) is 0.371. The van der Waals surface area contributed by atoms with Crippen molar-refractivity contribution < 1.29 is 4.79 Å². The molecule has 0 aliphatic heterocycles. The van der Waals surface area contributed by atoms with E-state index in [1.807, 2.05) is 13.0 Å². The highest BCUT2D eigenvalue weighted by molar-refractivity contribution is 5.84. The number of rotatable bonds is 4. The summed E-state index contributed by atoms with van der Waals surface area (Å²) in [5.41, 5.74) is -0.977. The zero-order chi connectivity index (χ0) is 12.2. The number of aryl methyl sites for hydroxylation is 1. The van der Waals surface area contributed by atoms with Gasteiger partial charge in [0, 0.05) is 7.05 Å². The third kappa shape index (κ3) is 2.57. The second kappa shape index (κ2) is 4.75. The van der Waals surface area contributed by atoms with Crippen LogP contribution in [0.4, 0.5) is 0 Å². The van der Waals surface area contributed by atoms with Gasteiger partial charge in [0.15, 0.2) is 5.82 Å². The van der Waals surface area contributed by atoms with Crippen LogP contribution in [0.5, 0.6) is 0 Å². The number of amides is 1. The molecule has 1 amide bonds. The average Bonchev–Trinajstić information content (AvgIpc) is 2.70. The highest BCUT2D eigenvalue weighted by atomic mass is 16.2. The summed E-state index contributed by atoms with van der Waals surface area (Å²) >= 11 is 0. The van der Waals surface area contributed by atoms with Crippen LogP contribution in [0.15, 0.2) is 6.33 Å². The first-order chi connectivity index (χ1) is 7.51. The molecule has 6 nitrogen and oxygen atoms in total. The van der Waals surface area contributed by atoms with Crippen LogP contribution in [0, 0.1) is 16.7 Å². The molecule has 86 valence electrons. The lowest BCUT2D eigenvalue weighted by Gasteiger charge is -2.17. The first-order valence-corrected chi connectivity index (χ1v) is 5.06. The van der Waals surface area contributed by atoms with E-state index in [9.17, 15) is 4.79 Å². The largest absolute Gasteiger partial charge is 0.347 e. The Morgan fingerprint density at radius 3 is 2.88 bits per heavy atom. The Bertz CT molecular complexity index is 419. The number of nitriles is 1. The Balaban J connectivity index is 2.57. The molecule has 0 radical (unpaired) electrons. The molecule has 0 saturated carbocycles. The quantitative estimate of drug-likeness (QED) is 0.796. The van der Waals surface area contributed by atoms with Crippen molar-refractivity contribution in [3.63, 3.8) is 0 Å². The van der Waals surface area contributed by atoms with E-state index in [4.69, 9.17) is 5.26 Å². The van der Waals surface area contributed by atoms with Crippen molar-refractivity contribution >= 4 is 5.91 Å². The molecule has 0 bridgehead atoms. The van der Waals surface area contributed by atoms with Crippen LogP contribution < -0.4 is 5.32 Å². The van der Waals surface area contributed by atoms with E-state index in [2.05, 4.69) is 15.4 Å². The van der Waals surface area contributed by atoms with Gasteiger partial charge in [0.05, 0.1) is 12.6 Å². The van der Waals surface area contributed by atoms with Crippen molar-refractivity contribution in [2.24, 2.45) is 12.5 Å². The van der Waals surface area contributed by atoms with Crippen molar-refractivity contribution in [1.82, 2.24) is 20.1 Å². The molecule has 0 saturated heterocycles. The summed E-state index contributed by atoms with van der Waals surface area (Å²) in [7, 11) is 1.75. The lowest BCUT2D eigenvalue weighted by atomic mass is 9.88. The van der Waals surface area contributed by atoms with Crippen LogP contribution >= 0.6 is 0 Å². The summed E-state index contributed by atoms with van der Waals surface area (Å²) in [6.07, 6.45) is 2.04. The normalized spacial score (nSPS) is 13.9. The topological polar surface area (TPSA) is 83.6 Å². The Hall–Kier alpha value is -1.90. The second-order valence-corrected chi connectivity index (χ2v) is 3.81. The van der Waals surface area contributed by atoms with Crippen molar-refractivity contribution in [2.75, 3.05) is 0 Å². The van der Waals surface area contributed by atoms with Gasteiger partial charge in [-0.1, -0.05) is 6.92 Å². The van der Waals surface area contributed by atoms with Crippen LogP contribution in [0.1, 0.15) is 26.1 Å². The smallest absolute Gasteiger partial charge is 0.240 e. The number of aromatic nitrogens is 3. The van der Waals surface area contributed by atoms with Crippen LogP contribution in [-0.4, -0.2) is 20.7 Å². The van der Waals surface area contributed by atoms with Crippen LogP contribution in [0.2, 0.25) is 0 Å². The molecule has 16 heavy (non-hydrogen) atoms. The molecular weight excluding hydrogens is 206 g/mol. The third-order valence-electron chi connectivity index (χ3n) is 2.51. The van der Waals surface area contributed by atoms with Crippen LogP contribution in [0.3, 0.4) is 0 Å². The van der Waals surface area contributed by atoms with Crippen LogP contribution in [-0.2, 0) is 18.4 Å². The third-order valence-corrected chi connectivity index (χ3v) is 2.51. The van der Waals surface area contributed by atoms with E-state index in [-0.39, 0.29) is 12.5 Å². The molecule has 0 aromatic carbocycles. The Morgan fingerprint density at radius 1 is 1.75 bits per heavy atom. The zero-order valence-corrected chi connectivity index (χ0v) is 9.69. The fraction of sp³-hybridized carbons (Fsp3) is 0.600. The number of nitrogens with zero attached hydrogens (tertiary/aromatic N) is 4. The first-order valence-electron chi connectivity index (χ1n) is 5.06. The number of carbonyl (C=O) groups is 1. The zero-order valence-electron chi connectivity index (χ0n) is 9.69. The summed E-state index contributed by atoms with van der Waals surface area (Å²) < 4.78 is 1.56. The summed E-state index contributed by atoms with van der Waals surface area (Å²) in [4.78, 5) is 15.7. The monoisotopic (exact) mass is 221 g/mol. The highest BCUT2D eigenvalue weighted by Crippen LogP contribution is 2.19. The molecule has 6 heteroatoms. The van der Waals surface area contributed by atoms with Gasteiger partial charge < -0.3 is 5.32 Å². The molecule has 1 atom stereocenters. The van der Waals surface area contributed by atoms with Crippen molar-refractivity contribution in [1.29, 1.82) is 5.26 Å². The van der Waals surface area contributed by atoms with E-state index in [1.54, 1.807) is 25.0 Å². The lowest BCUT2D eigenvalue weighted by molar-refractivity contribution is -0.127. The maximum Gasteiger partial charge on any atom is 0.240 e. The van der Waals surface area contributed by atoms with Gasteiger partial charge in [-0.25, -0.2) is 4.98 Å². The van der Waals surface area contributed by atoms with Gasteiger partial charge in [-0.15, -0.1) is 0 Å². The van der Waals surface area contributed by atoms with Gasteiger partial charge in [0.25, 0.3) is 0 Å². The van der Waals surface area contributed by atoms with E-state index in [0.717, 1.165) is 0 Å². The Labute approximate surface area is 94.3 Å². The molecule has 1 aromatic heterocycles. The van der Waals surface area contributed by atoms with Crippen molar-refractivity contribution in [3.05, 3.63) is 12.2 Å². The highest BCUT2D eigenvalue weighted by Gasteiger charge is 2.30. The van der Waals surface area contributed by atoms with E-state index >= 15 is 0 Å². The van der Waals surface area contributed by atoms with Gasteiger partial charge >= 0.3 is 0 Å². The minimum atomic E-state index is -0.977. The SMILES string of the molecule is CCC(C)(C#N)C(=O)NCc1ncn(C)n1. The van der Waals surface area contributed by atoms with Gasteiger partial charge in [-0.05, 0) is 13.3 Å². The van der Waals surface area contributed by atoms with E-state index < -0.39 is 5.41 Å². The van der Waals surface area contributed by atoms with E-state index in [1.165, 1.54) is 0 Å². The number of nitrogens with one attached hydrogen (secondary N) is 1. The summed E-state index contributed by atoms with van der Waals surface area (Å²) in [6, 6.07) is 2.01.